The Balaban J connectivity index is 1.47. The zero-order valence-electron chi connectivity index (χ0n) is 12.5. The minimum absolute atomic E-state index is 0.0831. The Bertz CT molecular complexity index is 536. The minimum atomic E-state index is -0.0831. The summed E-state index contributed by atoms with van der Waals surface area (Å²) >= 11 is 0. The molecule has 0 fully saturated rings. The molecule has 3 heteroatoms. The molecule has 0 saturated carbocycles. The summed E-state index contributed by atoms with van der Waals surface area (Å²) < 4.78 is 0. The summed E-state index contributed by atoms with van der Waals surface area (Å²) in [6.45, 7) is 1.56. The number of hydrogen-bond donors (Lipinski definition) is 2. The first kappa shape index (κ1) is 14.3. The molecule has 1 atom stereocenters. The van der Waals surface area contributed by atoms with Crippen LogP contribution in [-0.2, 0) is 17.8 Å². The van der Waals surface area contributed by atoms with E-state index in [1.807, 2.05) is 0 Å². The smallest absolute Gasteiger partial charge is 0.237 e. The fourth-order valence-corrected chi connectivity index (χ4v) is 3.24. The second-order valence-electron chi connectivity index (χ2n) is 6.06. The molecule has 0 saturated heterocycles. The van der Waals surface area contributed by atoms with Crippen LogP contribution in [0.3, 0.4) is 0 Å². The first-order chi connectivity index (χ1) is 10.3. The average Bonchev–Trinajstić information content (AvgIpc) is 2.55. The van der Waals surface area contributed by atoms with Crippen LogP contribution in [0.15, 0.2) is 35.9 Å². The van der Waals surface area contributed by atoms with Crippen LogP contribution in [0.4, 0.5) is 0 Å². The standard InChI is InChI=1S/C18H24N2O/c21-18(19-11-10-14-6-2-1-3-7-14)17-12-15-8-4-5-9-16(15)13-20-17/h4-6,8-9,17,20H,1-3,7,10-13H2,(H,19,21)/t17-/m0/s1. The highest BCUT2D eigenvalue weighted by molar-refractivity contribution is 5.82. The lowest BCUT2D eigenvalue weighted by molar-refractivity contribution is -0.123. The maximum absolute atomic E-state index is 12.3. The van der Waals surface area contributed by atoms with Crippen LogP contribution in [0.5, 0.6) is 0 Å². The number of benzene rings is 1. The van der Waals surface area contributed by atoms with Crippen molar-refractivity contribution >= 4 is 5.91 Å². The molecule has 1 aromatic carbocycles. The Hall–Kier alpha value is -1.61. The minimum Gasteiger partial charge on any atom is -0.354 e. The molecule has 1 aliphatic carbocycles. The van der Waals surface area contributed by atoms with E-state index in [-0.39, 0.29) is 11.9 Å². The van der Waals surface area contributed by atoms with Crippen LogP contribution in [-0.4, -0.2) is 18.5 Å². The molecule has 0 spiro atoms. The predicted octanol–water partition coefficient (Wildman–Crippen LogP) is 2.71. The van der Waals surface area contributed by atoms with Crippen molar-refractivity contribution < 1.29 is 4.79 Å². The van der Waals surface area contributed by atoms with Crippen molar-refractivity contribution in [1.82, 2.24) is 10.6 Å². The molecule has 2 N–H and O–H groups in total. The van der Waals surface area contributed by atoms with E-state index < -0.39 is 0 Å². The molecular formula is C18H24N2O. The van der Waals surface area contributed by atoms with Crippen molar-refractivity contribution in [2.45, 2.75) is 51.1 Å². The highest BCUT2D eigenvalue weighted by Crippen LogP contribution is 2.19. The Labute approximate surface area is 126 Å². The van der Waals surface area contributed by atoms with Gasteiger partial charge in [0.2, 0.25) is 5.91 Å². The summed E-state index contributed by atoms with van der Waals surface area (Å²) in [7, 11) is 0. The Morgan fingerprint density at radius 2 is 2.10 bits per heavy atom. The molecule has 1 heterocycles. The molecule has 0 aromatic heterocycles. The largest absolute Gasteiger partial charge is 0.354 e. The monoisotopic (exact) mass is 284 g/mol. The third-order valence-corrected chi connectivity index (χ3v) is 4.53. The molecular weight excluding hydrogens is 260 g/mol. The summed E-state index contributed by atoms with van der Waals surface area (Å²) in [6.07, 6.45) is 9.21. The topological polar surface area (TPSA) is 41.1 Å². The van der Waals surface area contributed by atoms with Gasteiger partial charge >= 0.3 is 0 Å². The van der Waals surface area contributed by atoms with Crippen LogP contribution >= 0.6 is 0 Å². The van der Waals surface area contributed by atoms with Gasteiger partial charge in [0, 0.05) is 13.1 Å². The van der Waals surface area contributed by atoms with Gasteiger partial charge in [0.15, 0.2) is 0 Å². The van der Waals surface area contributed by atoms with Gasteiger partial charge in [-0.15, -0.1) is 0 Å². The number of carbonyl (C=O) groups is 1. The molecule has 21 heavy (non-hydrogen) atoms. The molecule has 0 unspecified atom stereocenters. The Morgan fingerprint density at radius 3 is 2.90 bits per heavy atom. The van der Waals surface area contributed by atoms with Gasteiger partial charge in [-0.1, -0.05) is 35.9 Å². The zero-order chi connectivity index (χ0) is 14.5. The van der Waals surface area contributed by atoms with Crippen molar-refractivity contribution in [3.63, 3.8) is 0 Å². The lowest BCUT2D eigenvalue weighted by Crippen LogP contribution is -2.47. The number of amides is 1. The van der Waals surface area contributed by atoms with Crippen molar-refractivity contribution in [2.24, 2.45) is 0 Å². The number of nitrogens with one attached hydrogen (secondary N) is 2. The molecule has 1 aliphatic heterocycles. The van der Waals surface area contributed by atoms with Gasteiger partial charge in [0.1, 0.15) is 0 Å². The van der Waals surface area contributed by atoms with E-state index in [9.17, 15) is 4.79 Å². The highest BCUT2D eigenvalue weighted by Gasteiger charge is 2.23. The van der Waals surface area contributed by atoms with Crippen LogP contribution in [0.2, 0.25) is 0 Å². The van der Waals surface area contributed by atoms with Gasteiger partial charge in [0.05, 0.1) is 6.04 Å². The fourth-order valence-electron chi connectivity index (χ4n) is 3.24. The Kier molecular flexibility index (Phi) is 4.71. The van der Waals surface area contributed by atoms with E-state index >= 15 is 0 Å². The van der Waals surface area contributed by atoms with E-state index in [1.54, 1.807) is 0 Å². The summed E-state index contributed by atoms with van der Waals surface area (Å²) in [5.74, 6) is 0.140. The normalized spacial score (nSPS) is 21.3. The van der Waals surface area contributed by atoms with Gasteiger partial charge in [-0.3, -0.25) is 4.79 Å². The maximum Gasteiger partial charge on any atom is 0.237 e. The Morgan fingerprint density at radius 1 is 1.24 bits per heavy atom. The summed E-state index contributed by atoms with van der Waals surface area (Å²) in [6, 6.07) is 8.28. The van der Waals surface area contributed by atoms with Crippen LogP contribution in [0.1, 0.15) is 43.2 Å². The predicted molar refractivity (Wildman–Crippen MR) is 85.0 cm³/mol. The summed E-state index contributed by atoms with van der Waals surface area (Å²) in [5, 5.41) is 6.43. The van der Waals surface area contributed by atoms with Gasteiger partial charge < -0.3 is 10.6 Å². The second kappa shape index (κ2) is 6.90. The lowest BCUT2D eigenvalue weighted by atomic mass is 9.95. The quantitative estimate of drug-likeness (QED) is 0.835. The second-order valence-corrected chi connectivity index (χ2v) is 6.06. The van der Waals surface area contributed by atoms with E-state index in [2.05, 4.69) is 41.0 Å². The summed E-state index contributed by atoms with van der Waals surface area (Å²) in [4.78, 5) is 12.3. The number of carbonyl (C=O) groups excluding carboxylic acids is 1. The molecule has 0 bridgehead atoms. The van der Waals surface area contributed by atoms with E-state index in [0.29, 0.717) is 0 Å². The average molecular weight is 284 g/mol. The SMILES string of the molecule is O=C(NCCC1=CCCCC1)[C@@H]1Cc2ccccc2CN1. The van der Waals surface area contributed by atoms with Crippen molar-refractivity contribution in [1.29, 1.82) is 0 Å². The van der Waals surface area contributed by atoms with Crippen LogP contribution < -0.4 is 10.6 Å². The maximum atomic E-state index is 12.3. The van der Waals surface area contributed by atoms with Crippen molar-refractivity contribution in [2.75, 3.05) is 6.54 Å². The van der Waals surface area contributed by atoms with E-state index in [4.69, 9.17) is 0 Å². The van der Waals surface area contributed by atoms with Crippen molar-refractivity contribution in [3.8, 4) is 0 Å². The first-order valence-electron chi connectivity index (χ1n) is 8.09. The van der Waals surface area contributed by atoms with Gasteiger partial charge in [0.25, 0.3) is 0 Å². The lowest BCUT2D eigenvalue weighted by Gasteiger charge is -2.25. The highest BCUT2D eigenvalue weighted by atomic mass is 16.2. The van der Waals surface area contributed by atoms with Crippen LogP contribution in [0, 0.1) is 0 Å². The van der Waals surface area contributed by atoms with Gasteiger partial charge in [-0.2, -0.15) is 0 Å². The molecule has 2 aliphatic rings. The van der Waals surface area contributed by atoms with E-state index in [1.165, 1.54) is 42.4 Å². The molecule has 0 radical (unpaired) electrons. The third-order valence-electron chi connectivity index (χ3n) is 4.53. The number of fused-ring (bicyclic) bond motifs is 1. The zero-order valence-corrected chi connectivity index (χ0v) is 12.5. The third kappa shape index (κ3) is 3.73. The number of hydrogen-bond acceptors (Lipinski definition) is 2. The molecule has 3 nitrogen and oxygen atoms in total. The van der Waals surface area contributed by atoms with Gasteiger partial charge in [-0.05, 0) is 49.7 Å². The van der Waals surface area contributed by atoms with Crippen LogP contribution in [0.25, 0.3) is 0 Å². The fraction of sp³-hybridized carbons (Fsp3) is 0.500. The first-order valence-corrected chi connectivity index (χ1v) is 8.09. The number of allylic oxidation sites excluding steroid dienone is 1. The van der Waals surface area contributed by atoms with Crippen molar-refractivity contribution in [3.05, 3.63) is 47.0 Å². The molecule has 112 valence electrons. The summed E-state index contributed by atoms with van der Waals surface area (Å²) in [5.41, 5.74) is 4.13. The molecule has 3 rings (SSSR count). The van der Waals surface area contributed by atoms with E-state index in [0.717, 1.165) is 25.9 Å². The molecule has 1 aromatic rings. The number of rotatable bonds is 4. The van der Waals surface area contributed by atoms with Gasteiger partial charge in [-0.25, -0.2) is 0 Å². The molecule has 1 amide bonds.